The summed E-state index contributed by atoms with van der Waals surface area (Å²) in [6.07, 6.45) is 2.42. The van der Waals surface area contributed by atoms with Crippen LogP contribution >= 0.6 is 0 Å². The molecule has 2 heterocycles. The molecule has 76 valence electrons. The van der Waals surface area contributed by atoms with E-state index >= 15 is 0 Å². The Morgan fingerprint density at radius 1 is 1.57 bits per heavy atom. The van der Waals surface area contributed by atoms with Crippen molar-refractivity contribution in [2.75, 3.05) is 18.9 Å². The summed E-state index contributed by atoms with van der Waals surface area (Å²) < 4.78 is 10.9. The van der Waals surface area contributed by atoms with Gasteiger partial charge in [-0.3, -0.25) is 0 Å². The highest BCUT2D eigenvalue weighted by Crippen LogP contribution is 2.14. The number of pyridine rings is 1. The Morgan fingerprint density at radius 2 is 2.50 bits per heavy atom. The largest absolute Gasteiger partial charge is 0.475 e. The number of rotatable bonds is 3. The summed E-state index contributed by atoms with van der Waals surface area (Å²) in [5.74, 6) is 1.05. The first kappa shape index (κ1) is 9.27. The first-order valence-corrected chi connectivity index (χ1v) is 4.81. The summed E-state index contributed by atoms with van der Waals surface area (Å²) in [4.78, 5) is 4.03. The van der Waals surface area contributed by atoms with E-state index < -0.39 is 0 Å². The molecule has 0 saturated carbocycles. The van der Waals surface area contributed by atoms with Crippen molar-refractivity contribution in [3.8, 4) is 5.88 Å². The predicted octanol–water partition coefficient (Wildman–Crippen LogP) is 1.22. The van der Waals surface area contributed by atoms with E-state index in [-0.39, 0.29) is 6.10 Å². The van der Waals surface area contributed by atoms with Crippen molar-refractivity contribution in [1.82, 2.24) is 4.98 Å². The molecule has 1 aromatic rings. The summed E-state index contributed by atoms with van der Waals surface area (Å²) in [5.41, 5.74) is 5.52. The molecular weight excluding hydrogens is 180 g/mol. The molecule has 0 aliphatic carbocycles. The molecular formula is C10H14N2O2. The summed E-state index contributed by atoms with van der Waals surface area (Å²) in [6.45, 7) is 1.41. The third-order valence-electron chi connectivity index (χ3n) is 2.19. The van der Waals surface area contributed by atoms with Crippen LogP contribution in [-0.2, 0) is 4.74 Å². The number of ether oxygens (including phenoxy) is 2. The van der Waals surface area contributed by atoms with Crippen molar-refractivity contribution in [3.63, 3.8) is 0 Å². The number of anilines is 1. The maximum atomic E-state index is 5.52. The number of nitrogens with two attached hydrogens (primary N) is 1. The van der Waals surface area contributed by atoms with Gasteiger partial charge >= 0.3 is 0 Å². The maximum Gasteiger partial charge on any atom is 0.215 e. The van der Waals surface area contributed by atoms with Crippen LogP contribution in [0.1, 0.15) is 12.8 Å². The molecule has 14 heavy (non-hydrogen) atoms. The molecule has 1 aliphatic heterocycles. The Hall–Kier alpha value is -1.29. The quantitative estimate of drug-likeness (QED) is 0.786. The Bertz CT molecular complexity index is 298. The highest BCUT2D eigenvalue weighted by Gasteiger charge is 2.16. The summed E-state index contributed by atoms with van der Waals surface area (Å²) in [6, 6.07) is 5.36. The molecule has 4 heteroatoms. The SMILES string of the molecule is Nc1cccc(OC[C@H]2CCCO2)n1. The standard InChI is InChI=1S/C10H14N2O2/c11-9-4-1-5-10(12-9)14-7-8-3-2-6-13-8/h1,4-5,8H,2-3,6-7H2,(H2,11,12)/t8-/m1/s1. The third kappa shape index (κ3) is 2.35. The third-order valence-corrected chi connectivity index (χ3v) is 2.19. The Labute approximate surface area is 83.0 Å². The summed E-state index contributed by atoms with van der Waals surface area (Å²) in [5, 5.41) is 0. The molecule has 0 aromatic carbocycles. The normalized spacial score (nSPS) is 21.0. The topological polar surface area (TPSA) is 57.4 Å². The molecule has 1 fully saturated rings. The summed E-state index contributed by atoms with van der Waals surface area (Å²) in [7, 11) is 0. The Balaban J connectivity index is 1.85. The lowest BCUT2D eigenvalue weighted by atomic mass is 10.2. The van der Waals surface area contributed by atoms with Crippen LogP contribution in [0.4, 0.5) is 5.82 Å². The molecule has 2 N–H and O–H groups in total. The van der Waals surface area contributed by atoms with E-state index in [4.69, 9.17) is 15.2 Å². The number of aromatic nitrogens is 1. The average Bonchev–Trinajstić information content (AvgIpc) is 2.67. The molecule has 0 unspecified atom stereocenters. The molecule has 1 aromatic heterocycles. The number of hydrogen-bond donors (Lipinski definition) is 1. The lowest BCUT2D eigenvalue weighted by Crippen LogP contribution is -2.16. The van der Waals surface area contributed by atoms with Gasteiger partial charge < -0.3 is 15.2 Å². The number of hydrogen-bond acceptors (Lipinski definition) is 4. The zero-order valence-electron chi connectivity index (χ0n) is 7.98. The maximum absolute atomic E-state index is 5.52. The first-order valence-electron chi connectivity index (χ1n) is 4.81. The summed E-state index contributed by atoms with van der Waals surface area (Å²) >= 11 is 0. The van der Waals surface area contributed by atoms with Gasteiger partial charge in [-0.15, -0.1) is 0 Å². The fourth-order valence-electron chi connectivity index (χ4n) is 1.47. The minimum Gasteiger partial charge on any atom is -0.475 e. The minimum absolute atomic E-state index is 0.221. The second-order valence-corrected chi connectivity index (χ2v) is 3.35. The van der Waals surface area contributed by atoms with Gasteiger partial charge in [0.1, 0.15) is 12.4 Å². The van der Waals surface area contributed by atoms with Gasteiger partial charge in [0, 0.05) is 12.7 Å². The van der Waals surface area contributed by atoms with Gasteiger partial charge in [0.2, 0.25) is 5.88 Å². The minimum atomic E-state index is 0.221. The van der Waals surface area contributed by atoms with Crippen molar-refractivity contribution in [2.45, 2.75) is 18.9 Å². The van der Waals surface area contributed by atoms with Crippen LogP contribution in [0.15, 0.2) is 18.2 Å². The van der Waals surface area contributed by atoms with E-state index in [1.807, 2.05) is 6.07 Å². The fraction of sp³-hybridized carbons (Fsp3) is 0.500. The Morgan fingerprint density at radius 3 is 3.21 bits per heavy atom. The highest BCUT2D eigenvalue weighted by atomic mass is 16.5. The second kappa shape index (κ2) is 4.28. The number of nitrogen functional groups attached to an aromatic ring is 1. The molecule has 2 rings (SSSR count). The Kier molecular flexibility index (Phi) is 2.84. The van der Waals surface area contributed by atoms with Gasteiger partial charge in [-0.1, -0.05) is 6.07 Å². The molecule has 1 aliphatic rings. The van der Waals surface area contributed by atoms with Crippen LogP contribution in [0.5, 0.6) is 5.88 Å². The van der Waals surface area contributed by atoms with E-state index in [0.717, 1.165) is 19.4 Å². The van der Waals surface area contributed by atoms with Crippen molar-refractivity contribution < 1.29 is 9.47 Å². The average molecular weight is 194 g/mol. The van der Waals surface area contributed by atoms with Gasteiger partial charge in [-0.05, 0) is 18.9 Å². The van der Waals surface area contributed by atoms with Crippen molar-refractivity contribution in [1.29, 1.82) is 0 Å². The van der Waals surface area contributed by atoms with Crippen LogP contribution in [-0.4, -0.2) is 24.3 Å². The molecule has 0 amide bonds. The lowest BCUT2D eigenvalue weighted by Gasteiger charge is -2.10. The van der Waals surface area contributed by atoms with E-state index in [0.29, 0.717) is 18.3 Å². The second-order valence-electron chi connectivity index (χ2n) is 3.35. The van der Waals surface area contributed by atoms with Crippen LogP contribution in [0.3, 0.4) is 0 Å². The van der Waals surface area contributed by atoms with Gasteiger partial charge in [0.15, 0.2) is 0 Å². The zero-order chi connectivity index (χ0) is 9.80. The smallest absolute Gasteiger partial charge is 0.215 e. The van der Waals surface area contributed by atoms with Crippen molar-refractivity contribution in [2.24, 2.45) is 0 Å². The fourth-order valence-corrected chi connectivity index (χ4v) is 1.47. The van der Waals surface area contributed by atoms with Gasteiger partial charge in [-0.25, -0.2) is 0 Å². The monoisotopic (exact) mass is 194 g/mol. The van der Waals surface area contributed by atoms with Crippen LogP contribution in [0, 0.1) is 0 Å². The lowest BCUT2D eigenvalue weighted by molar-refractivity contribution is 0.0664. The van der Waals surface area contributed by atoms with Crippen LogP contribution in [0.25, 0.3) is 0 Å². The van der Waals surface area contributed by atoms with E-state index in [1.165, 1.54) is 0 Å². The molecule has 4 nitrogen and oxygen atoms in total. The van der Waals surface area contributed by atoms with Gasteiger partial charge in [-0.2, -0.15) is 4.98 Å². The van der Waals surface area contributed by atoms with E-state index in [2.05, 4.69) is 4.98 Å². The van der Waals surface area contributed by atoms with Crippen LogP contribution in [0.2, 0.25) is 0 Å². The predicted molar refractivity (Wildman–Crippen MR) is 53.1 cm³/mol. The number of nitrogens with zero attached hydrogens (tertiary/aromatic N) is 1. The van der Waals surface area contributed by atoms with Crippen LogP contribution < -0.4 is 10.5 Å². The molecule has 0 bridgehead atoms. The molecule has 1 saturated heterocycles. The van der Waals surface area contributed by atoms with E-state index in [9.17, 15) is 0 Å². The first-order chi connectivity index (χ1) is 6.84. The highest BCUT2D eigenvalue weighted by molar-refractivity contribution is 5.31. The van der Waals surface area contributed by atoms with Gasteiger partial charge in [0.05, 0.1) is 6.10 Å². The van der Waals surface area contributed by atoms with Gasteiger partial charge in [0.25, 0.3) is 0 Å². The van der Waals surface area contributed by atoms with Crippen molar-refractivity contribution >= 4 is 5.82 Å². The molecule has 0 radical (unpaired) electrons. The van der Waals surface area contributed by atoms with Crippen molar-refractivity contribution in [3.05, 3.63) is 18.2 Å². The molecule has 0 spiro atoms. The zero-order valence-corrected chi connectivity index (χ0v) is 7.98. The van der Waals surface area contributed by atoms with E-state index in [1.54, 1.807) is 12.1 Å². The molecule has 1 atom stereocenters.